The van der Waals surface area contributed by atoms with Crippen molar-refractivity contribution >= 4 is 49.0 Å². The van der Waals surface area contributed by atoms with Gasteiger partial charge in [-0.3, -0.25) is 9.20 Å². The Morgan fingerprint density at radius 3 is 2.94 bits per heavy atom. The largest absolute Gasteiger partial charge is 0.294 e. The summed E-state index contributed by atoms with van der Waals surface area (Å²) in [6.45, 7) is 3.55. The lowest BCUT2D eigenvalue weighted by atomic mass is 10.3. The van der Waals surface area contributed by atoms with Gasteiger partial charge in [0, 0.05) is 17.1 Å². The maximum Gasteiger partial charge on any atom is 0.195 e. The van der Waals surface area contributed by atoms with Gasteiger partial charge in [0.05, 0.1) is 15.9 Å². The quantitative estimate of drug-likeness (QED) is 0.640. The number of imidazole rings is 1. The van der Waals surface area contributed by atoms with Crippen LogP contribution >= 0.6 is 27.3 Å². The number of benzene rings is 1. The summed E-state index contributed by atoms with van der Waals surface area (Å²) in [5.74, 6) is 0.0983. The third-order valence-electron chi connectivity index (χ3n) is 2.76. The van der Waals surface area contributed by atoms with E-state index in [1.54, 1.807) is 6.92 Å². The van der Waals surface area contributed by atoms with Gasteiger partial charge >= 0.3 is 0 Å². The normalized spacial score (nSPS) is 11.5. The van der Waals surface area contributed by atoms with Gasteiger partial charge in [0.2, 0.25) is 0 Å². The number of Topliss-reactive ketones (excluding diaryl/α,β-unsaturated/α-hetero) is 1. The Morgan fingerprint density at radius 2 is 2.24 bits per heavy atom. The van der Waals surface area contributed by atoms with Crippen molar-refractivity contribution in [3.05, 3.63) is 33.2 Å². The molecule has 2 aromatic heterocycles. The van der Waals surface area contributed by atoms with Crippen LogP contribution in [0, 0.1) is 6.92 Å². The number of fused-ring (bicyclic) bond motifs is 3. The first kappa shape index (κ1) is 10.9. The fourth-order valence-corrected chi connectivity index (χ4v) is 3.40. The molecule has 0 aliphatic rings. The molecule has 2 heterocycles. The Balaban J connectivity index is 2.48. The summed E-state index contributed by atoms with van der Waals surface area (Å²) in [4.78, 5) is 17.7. The highest BCUT2D eigenvalue weighted by molar-refractivity contribution is 9.10. The van der Waals surface area contributed by atoms with Gasteiger partial charge in [-0.1, -0.05) is 27.3 Å². The first-order valence-electron chi connectivity index (χ1n) is 5.16. The Labute approximate surface area is 110 Å². The van der Waals surface area contributed by atoms with Crippen LogP contribution in [0.5, 0.6) is 0 Å². The molecular weight excluding hydrogens is 300 g/mol. The molecule has 0 bridgehead atoms. The molecule has 0 N–H and O–H groups in total. The zero-order chi connectivity index (χ0) is 12.2. The van der Waals surface area contributed by atoms with Gasteiger partial charge in [-0.15, -0.1) is 0 Å². The highest BCUT2D eigenvalue weighted by atomic mass is 79.9. The van der Waals surface area contributed by atoms with Crippen LogP contribution in [0.3, 0.4) is 0 Å². The molecule has 0 saturated carbocycles. The summed E-state index contributed by atoms with van der Waals surface area (Å²) in [7, 11) is 0. The molecule has 0 amide bonds. The molecule has 3 nitrogen and oxygen atoms in total. The van der Waals surface area contributed by atoms with Crippen molar-refractivity contribution in [2.75, 3.05) is 0 Å². The molecule has 3 rings (SSSR count). The van der Waals surface area contributed by atoms with Crippen molar-refractivity contribution in [3.63, 3.8) is 0 Å². The van der Waals surface area contributed by atoms with Crippen molar-refractivity contribution in [1.82, 2.24) is 9.38 Å². The average Bonchev–Trinajstić information content (AvgIpc) is 2.76. The van der Waals surface area contributed by atoms with Gasteiger partial charge in [0.25, 0.3) is 0 Å². The molecule has 5 heteroatoms. The van der Waals surface area contributed by atoms with E-state index in [-0.39, 0.29) is 5.78 Å². The minimum atomic E-state index is 0.0983. The molecular formula is C12H9BrN2OS. The number of ketones is 1. The van der Waals surface area contributed by atoms with Gasteiger partial charge in [0.15, 0.2) is 10.7 Å². The molecule has 0 aliphatic carbocycles. The first-order chi connectivity index (χ1) is 8.08. The minimum absolute atomic E-state index is 0.0983. The van der Waals surface area contributed by atoms with Gasteiger partial charge in [0.1, 0.15) is 0 Å². The smallest absolute Gasteiger partial charge is 0.195 e. The van der Waals surface area contributed by atoms with Crippen molar-refractivity contribution in [2.24, 2.45) is 0 Å². The van der Waals surface area contributed by atoms with E-state index in [4.69, 9.17) is 0 Å². The van der Waals surface area contributed by atoms with Crippen LogP contribution < -0.4 is 0 Å². The highest BCUT2D eigenvalue weighted by Gasteiger charge is 2.16. The fraction of sp³-hybridized carbons (Fsp3) is 0.167. The summed E-state index contributed by atoms with van der Waals surface area (Å²) in [5.41, 5.74) is 2.96. The fourth-order valence-electron chi connectivity index (χ4n) is 2.01. The predicted octanol–water partition coefficient (Wildman–Crippen LogP) is 3.82. The Hall–Kier alpha value is -1.20. The van der Waals surface area contributed by atoms with Crippen LogP contribution in [0.1, 0.15) is 22.3 Å². The standard InChI is InChI=1S/C12H9BrN2OS/c1-6-11(7(2)16)17-12-14-9-4-3-8(13)5-10(9)15(6)12/h3-5H,1-2H3. The second-order valence-electron chi connectivity index (χ2n) is 3.94. The molecule has 17 heavy (non-hydrogen) atoms. The molecule has 0 fully saturated rings. The van der Waals surface area contributed by atoms with Gasteiger partial charge in [-0.25, -0.2) is 4.98 Å². The molecule has 0 aliphatic heterocycles. The molecule has 1 aromatic carbocycles. The number of thiazole rings is 1. The van der Waals surface area contributed by atoms with Crippen molar-refractivity contribution in [3.8, 4) is 0 Å². The van der Waals surface area contributed by atoms with E-state index in [0.29, 0.717) is 0 Å². The minimum Gasteiger partial charge on any atom is -0.294 e. The summed E-state index contributed by atoms with van der Waals surface area (Å²) in [5, 5.41) is 0. The number of nitrogens with zero attached hydrogens (tertiary/aromatic N) is 2. The topological polar surface area (TPSA) is 34.4 Å². The van der Waals surface area contributed by atoms with E-state index < -0.39 is 0 Å². The lowest BCUT2D eigenvalue weighted by Gasteiger charge is -1.96. The maximum absolute atomic E-state index is 11.5. The summed E-state index contributed by atoms with van der Waals surface area (Å²) < 4.78 is 3.06. The van der Waals surface area contributed by atoms with Gasteiger partial charge in [-0.2, -0.15) is 0 Å². The zero-order valence-electron chi connectivity index (χ0n) is 9.32. The van der Waals surface area contributed by atoms with Crippen LogP contribution in [-0.4, -0.2) is 15.2 Å². The van der Waals surface area contributed by atoms with Crippen LogP contribution in [0.25, 0.3) is 16.0 Å². The van der Waals surface area contributed by atoms with Crippen LogP contribution in [0.2, 0.25) is 0 Å². The Morgan fingerprint density at radius 1 is 1.47 bits per heavy atom. The van der Waals surface area contributed by atoms with Gasteiger partial charge < -0.3 is 0 Å². The lowest BCUT2D eigenvalue weighted by Crippen LogP contribution is -1.93. The SMILES string of the molecule is CC(=O)c1sc2nc3ccc(Br)cc3n2c1C. The number of hydrogen-bond donors (Lipinski definition) is 0. The monoisotopic (exact) mass is 308 g/mol. The molecule has 0 spiro atoms. The Kier molecular flexibility index (Phi) is 2.34. The summed E-state index contributed by atoms with van der Waals surface area (Å²) >= 11 is 4.91. The number of carbonyl (C=O) groups is 1. The summed E-state index contributed by atoms with van der Waals surface area (Å²) in [6, 6.07) is 5.98. The van der Waals surface area contributed by atoms with Gasteiger partial charge in [-0.05, 0) is 25.1 Å². The molecule has 3 aromatic rings. The zero-order valence-corrected chi connectivity index (χ0v) is 11.7. The van der Waals surface area contributed by atoms with Crippen LogP contribution in [0.15, 0.2) is 22.7 Å². The second-order valence-corrected chi connectivity index (χ2v) is 5.83. The van der Waals surface area contributed by atoms with E-state index in [1.807, 2.05) is 29.5 Å². The highest BCUT2D eigenvalue weighted by Crippen LogP contribution is 2.29. The van der Waals surface area contributed by atoms with Crippen molar-refractivity contribution in [1.29, 1.82) is 0 Å². The number of aromatic nitrogens is 2. The predicted molar refractivity (Wildman–Crippen MR) is 73.0 cm³/mol. The third kappa shape index (κ3) is 1.53. The number of halogens is 1. The van der Waals surface area contributed by atoms with Crippen LogP contribution in [0.4, 0.5) is 0 Å². The van der Waals surface area contributed by atoms with E-state index in [9.17, 15) is 4.79 Å². The van der Waals surface area contributed by atoms with Crippen LogP contribution in [-0.2, 0) is 0 Å². The van der Waals surface area contributed by atoms with Crippen molar-refractivity contribution < 1.29 is 4.79 Å². The number of aryl methyl sites for hydroxylation is 1. The van der Waals surface area contributed by atoms with E-state index in [2.05, 4.69) is 20.9 Å². The third-order valence-corrected chi connectivity index (χ3v) is 4.50. The summed E-state index contributed by atoms with van der Waals surface area (Å²) in [6.07, 6.45) is 0. The second kappa shape index (κ2) is 3.65. The van der Waals surface area contributed by atoms with E-state index in [1.165, 1.54) is 11.3 Å². The lowest BCUT2D eigenvalue weighted by molar-refractivity contribution is 0.102. The number of carbonyl (C=O) groups excluding carboxylic acids is 1. The average molecular weight is 309 g/mol. The number of rotatable bonds is 1. The molecule has 0 saturated heterocycles. The van der Waals surface area contributed by atoms with Crippen molar-refractivity contribution in [2.45, 2.75) is 13.8 Å². The Bertz CT molecular complexity index is 757. The number of hydrogen-bond acceptors (Lipinski definition) is 3. The first-order valence-corrected chi connectivity index (χ1v) is 6.77. The maximum atomic E-state index is 11.5. The molecule has 0 atom stereocenters. The molecule has 0 radical (unpaired) electrons. The van der Waals surface area contributed by atoms with E-state index >= 15 is 0 Å². The molecule has 86 valence electrons. The molecule has 0 unspecified atom stereocenters. The van der Waals surface area contributed by atoms with E-state index in [0.717, 1.165) is 31.0 Å².